The smallest absolute Gasteiger partial charge is 0.153 e. The van der Waals surface area contributed by atoms with E-state index in [0.29, 0.717) is 0 Å². The number of rotatable bonds is 4. The predicted octanol–water partition coefficient (Wildman–Crippen LogP) is 0.529. The van der Waals surface area contributed by atoms with Crippen molar-refractivity contribution in [1.29, 1.82) is 0 Å². The van der Waals surface area contributed by atoms with Crippen LogP contribution < -0.4 is 5.73 Å². The SMILES string of the molecule is CN(C)CCC(N)c1c(Br)nnn1C. The molecule has 5 nitrogen and oxygen atoms in total. The average molecular weight is 262 g/mol. The molecule has 0 bridgehead atoms. The van der Waals surface area contributed by atoms with Crippen LogP contribution in [0.3, 0.4) is 0 Å². The van der Waals surface area contributed by atoms with Crippen molar-refractivity contribution in [3.05, 3.63) is 10.3 Å². The van der Waals surface area contributed by atoms with Gasteiger partial charge in [0.1, 0.15) is 0 Å². The Bertz CT molecular complexity index is 276. The van der Waals surface area contributed by atoms with Gasteiger partial charge in [-0.2, -0.15) is 0 Å². The first kappa shape index (κ1) is 11.6. The quantitative estimate of drug-likeness (QED) is 0.859. The molecule has 0 saturated carbocycles. The van der Waals surface area contributed by atoms with Crippen LogP contribution in [0.25, 0.3) is 0 Å². The second-order valence-corrected chi connectivity index (χ2v) is 4.34. The van der Waals surface area contributed by atoms with E-state index in [-0.39, 0.29) is 6.04 Å². The van der Waals surface area contributed by atoms with Gasteiger partial charge in [0, 0.05) is 7.05 Å². The Morgan fingerprint density at radius 3 is 2.64 bits per heavy atom. The summed E-state index contributed by atoms with van der Waals surface area (Å²) in [5.74, 6) is 0. The van der Waals surface area contributed by atoms with Crippen molar-refractivity contribution in [3.63, 3.8) is 0 Å². The molecule has 0 saturated heterocycles. The fraction of sp³-hybridized carbons (Fsp3) is 0.750. The molecular weight excluding hydrogens is 246 g/mol. The van der Waals surface area contributed by atoms with E-state index < -0.39 is 0 Å². The summed E-state index contributed by atoms with van der Waals surface area (Å²) in [6.07, 6.45) is 0.896. The highest BCUT2D eigenvalue weighted by molar-refractivity contribution is 9.10. The predicted molar refractivity (Wildman–Crippen MR) is 58.8 cm³/mol. The minimum absolute atomic E-state index is 0.0215. The van der Waals surface area contributed by atoms with E-state index in [1.807, 2.05) is 21.1 Å². The third-order valence-corrected chi connectivity index (χ3v) is 2.63. The number of aryl methyl sites for hydroxylation is 1. The molecule has 1 aromatic rings. The molecule has 14 heavy (non-hydrogen) atoms. The van der Waals surface area contributed by atoms with Gasteiger partial charge in [-0.3, -0.25) is 0 Å². The average Bonchev–Trinajstić information content (AvgIpc) is 2.42. The molecule has 0 radical (unpaired) electrons. The van der Waals surface area contributed by atoms with Crippen molar-refractivity contribution in [3.8, 4) is 0 Å². The van der Waals surface area contributed by atoms with E-state index in [1.165, 1.54) is 0 Å². The van der Waals surface area contributed by atoms with Crippen molar-refractivity contribution in [2.45, 2.75) is 12.5 Å². The van der Waals surface area contributed by atoms with Crippen LogP contribution >= 0.6 is 15.9 Å². The molecule has 1 unspecified atom stereocenters. The lowest BCUT2D eigenvalue weighted by atomic mass is 10.1. The highest BCUT2D eigenvalue weighted by Gasteiger charge is 2.15. The molecule has 0 aliphatic heterocycles. The maximum Gasteiger partial charge on any atom is 0.153 e. The van der Waals surface area contributed by atoms with Gasteiger partial charge in [0.2, 0.25) is 0 Å². The number of hydrogen-bond acceptors (Lipinski definition) is 4. The van der Waals surface area contributed by atoms with Crippen LogP contribution in [0.15, 0.2) is 4.60 Å². The van der Waals surface area contributed by atoms with Gasteiger partial charge in [-0.05, 0) is 43.0 Å². The lowest BCUT2D eigenvalue weighted by Gasteiger charge is -2.15. The Labute approximate surface area is 92.4 Å². The summed E-state index contributed by atoms with van der Waals surface area (Å²) in [5, 5.41) is 7.79. The zero-order chi connectivity index (χ0) is 10.7. The molecule has 0 aliphatic rings. The second-order valence-electron chi connectivity index (χ2n) is 3.59. The van der Waals surface area contributed by atoms with Crippen LogP contribution in [0.5, 0.6) is 0 Å². The summed E-state index contributed by atoms with van der Waals surface area (Å²) in [6, 6.07) is -0.0215. The summed E-state index contributed by atoms with van der Waals surface area (Å²) in [7, 11) is 5.91. The fourth-order valence-corrected chi connectivity index (χ4v) is 1.89. The van der Waals surface area contributed by atoms with Crippen LogP contribution in [0.2, 0.25) is 0 Å². The molecule has 0 amide bonds. The van der Waals surface area contributed by atoms with E-state index in [2.05, 4.69) is 31.1 Å². The van der Waals surface area contributed by atoms with Gasteiger partial charge in [-0.1, -0.05) is 5.21 Å². The summed E-state index contributed by atoms with van der Waals surface area (Å²) < 4.78 is 2.45. The Morgan fingerprint density at radius 2 is 2.21 bits per heavy atom. The molecule has 2 N–H and O–H groups in total. The number of hydrogen-bond donors (Lipinski definition) is 1. The largest absolute Gasteiger partial charge is 0.323 e. The first-order valence-electron chi connectivity index (χ1n) is 4.47. The van der Waals surface area contributed by atoms with Crippen molar-refractivity contribution >= 4 is 15.9 Å². The van der Waals surface area contributed by atoms with Gasteiger partial charge in [0.05, 0.1) is 11.7 Å². The minimum Gasteiger partial charge on any atom is -0.323 e. The number of nitrogens with zero attached hydrogens (tertiary/aromatic N) is 4. The molecule has 1 atom stereocenters. The van der Waals surface area contributed by atoms with Crippen LogP contribution in [-0.2, 0) is 7.05 Å². The van der Waals surface area contributed by atoms with E-state index in [1.54, 1.807) is 4.68 Å². The Kier molecular flexibility index (Phi) is 4.03. The summed E-state index contributed by atoms with van der Waals surface area (Å²) in [6.45, 7) is 0.957. The maximum absolute atomic E-state index is 6.03. The summed E-state index contributed by atoms with van der Waals surface area (Å²) >= 11 is 3.34. The van der Waals surface area contributed by atoms with Gasteiger partial charge >= 0.3 is 0 Å². The lowest BCUT2D eigenvalue weighted by Crippen LogP contribution is -2.22. The third-order valence-electron chi connectivity index (χ3n) is 2.07. The molecular formula is C8H16BrN5. The monoisotopic (exact) mass is 261 g/mol. The van der Waals surface area contributed by atoms with Crippen molar-refractivity contribution in [1.82, 2.24) is 19.9 Å². The normalized spacial score (nSPS) is 13.6. The topological polar surface area (TPSA) is 60.0 Å². The summed E-state index contributed by atoms with van der Waals surface area (Å²) in [5.41, 5.74) is 6.98. The van der Waals surface area contributed by atoms with Gasteiger partial charge < -0.3 is 10.6 Å². The van der Waals surface area contributed by atoms with E-state index in [4.69, 9.17) is 5.73 Å². The Balaban J connectivity index is 2.64. The first-order valence-corrected chi connectivity index (χ1v) is 5.27. The van der Waals surface area contributed by atoms with Crippen LogP contribution in [-0.4, -0.2) is 40.5 Å². The van der Waals surface area contributed by atoms with Crippen molar-refractivity contribution in [2.24, 2.45) is 12.8 Å². The first-order chi connectivity index (χ1) is 6.52. The van der Waals surface area contributed by atoms with E-state index >= 15 is 0 Å². The van der Waals surface area contributed by atoms with Crippen molar-refractivity contribution < 1.29 is 0 Å². The maximum atomic E-state index is 6.03. The van der Waals surface area contributed by atoms with Crippen LogP contribution in [0, 0.1) is 0 Å². The molecule has 0 aromatic carbocycles. The zero-order valence-corrected chi connectivity index (χ0v) is 10.3. The van der Waals surface area contributed by atoms with Crippen LogP contribution in [0.4, 0.5) is 0 Å². The zero-order valence-electron chi connectivity index (χ0n) is 8.74. The van der Waals surface area contributed by atoms with Gasteiger partial charge in [-0.15, -0.1) is 5.10 Å². The Hall–Kier alpha value is -0.460. The third kappa shape index (κ3) is 2.76. The van der Waals surface area contributed by atoms with Gasteiger partial charge in [0.25, 0.3) is 0 Å². The molecule has 1 heterocycles. The number of nitrogens with two attached hydrogens (primary N) is 1. The second kappa shape index (κ2) is 4.86. The number of halogens is 1. The highest BCUT2D eigenvalue weighted by Crippen LogP contribution is 2.20. The molecule has 0 aliphatic carbocycles. The van der Waals surface area contributed by atoms with E-state index in [9.17, 15) is 0 Å². The minimum atomic E-state index is -0.0215. The highest BCUT2D eigenvalue weighted by atomic mass is 79.9. The Morgan fingerprint density at radius 1 is 1.57 bits per heavy atom. The lowest BCUT2D eigenvalue weighted by molar-refractivity contribution is 0.378. The van der Waals surface area contributed by atoms with Gasteiger partial charge in [-0.25, -0.2) is 4.68 Å². The molecule has 80 valence electrons. The fourth-order valence-electron chi connectivity index (χ4n) is 1.27. The van der Waals surface area contributed by atoms with Crippen molar-refractivity contribution in [2.75, 3.05) is 20.6 Å². The molecule has 1 aromatic heterocycles. The van der Waals surface area contributed by atoms with Crippen LogP contribution in [0.1, 0.15) is 18.2 Å². The van der Waals surface area contributed by atoms with Gasteiger partial charge in [0.15, 0.2) is 4.60 Å². The molecule has 1 rings (SSSR count). The molecule has 0 fully saturated rings. The molecule has 6 heteroatoms. The standard InChI is InChI=1S/C8H16BrN5/c1-13(2)5-4-6(10)7-8(9)11-12-14(7)3/h6H,4-5,10H2,1-3H3. The number of aromatic nitrogens is 3. The molecule has 0 spiro atoms. The van der Waals surface area contributed by atoms with E-state index in [0.717, 1.165) is 23.3 Å². The summed E-state index contributed by atoms with van der Waals surface area (Å²) in [4.78, 5) is 2.11.